The van der Waals surface area contributed by atoms with Crippen LogP contribution in [0.2, 0.25) is 0 Å². The average molecular weight is 562 g/mol. The van der Waals surface area contributed by atoms with Crippen LogP contribution in [0.5, 0.6) is 0 Å². The Balaban J connectivity index is 4.18. The number of unbranched alkanes of at least 4 members (excludes halogenated alkanes) is 11. The van der Waals surface area contributed by atoms with Gasteiger partial charge in [0.15, 0.2) is 0 Å². The largest absolute Gasteiger partial charge is 0.472 e. The molecule has 0 aliphatic rings. The second-order valence-corrected chi connectivity index (χ2v) is 11.1. The quantitative estimate of drug-likeness (QED) is 0.0439. The Morgan fingerprint density at radius 2 is 1.45 bits per heavy atom. The van der Waals surface area contributed by atoms with Crippen molar-refractivity contribution in [2.45, 2.75) is 123 Å². The van der Waals surface area contributed by atoms with Gasteiger partial charge in [0, 0.05) is 19.6 Å². The fourth-order valence-corrected chi connectivity index (χ4v) is 4.44. The monoisotopic (exact) mass is 561 g/mol. The highest BCUT2D eigenvalue weighted by Gasteiger charge is 2.25. The summed E-state index contributed by atoms with van der Waals surface area (Å²) in [5, 5.41) is 0. The number of hydrogen-bond acceptors (Lipinski definition) is 7. The number of ether oxygens (including phenoxy) is 2. The first-order chi connectivity index (χ1) is 18.4. The van der Waals surface area contributed by atoms with Crippen LogP contribution in [-0.2, 0) is 27.9 Å². The lowest BCUT2D eigenvalue weighted by molar-refractivity contribution is -0.154. The standard InChI is InChI=1S/C29H56NO7P/c1-3-5-7-9-11-12-13-14-15-16-17-18-20-22-29(31)37-28(27-36-38(32,33)35-25-23-30)26-34-24-21-19-10-8-6-4-2/h7,9,12-13,28H,3-6,8,10-11,14-27,30H2,1-2H3,(H,32,33)/b9-7-,13-12-. The second kappa shape index (κ2) is 27.5. The van der Waals surface area contributed by atoms with Crippen molar-refractivity contribution in [2.75, 3.05) is 33.0 Å². The molecular formula is C29H56NO7P. The van der Waals surface area contributed by atoms with Gasteiger partial charge in [-0.3, -0.25) is 13.8 Å². The van der Waals surface area contributed by atoms with Gasteiger partial charge in [-0.1, -0.05) is 95.9 Å². The predicted molar refractivity (Wildman–Crippen MR) is 155 cm³/mol. The first-order valence-electron chi connectivity index (χ1n) is 14.8. The molecule has 2 atom stereocenters. The molecule has 0 saturated carbocycles. The molecule has 2 unspecified atom stereocenters. The summed E-state index contributed by atoms with van der Waals surface area (Å²) in [5.41, 5.74) is 5.31. The van der Waals surface area contributed by atoms with Crippen LogP contribution in [0.15, 0.2) is 24.3 Å². The van der Waals surface area contributed by atoms with Crippen molar-refractivity contribution in [3.05, 3.63) is 24.3 Å². The number of rotatable bonds is 28. The number of nitrogens with two attached hydrogens (primary N) is 1. The van der Waals surface area contributed by atoms with E-state index in [1.807, 2.05) is 0 Å². The van der Waals surface area contributed by atoms with Gasteiger partial charge in [0.1, 0.15) is 6.10 Å². The summed E-state index contributed by atoms with van der Waals surface area (Å²) in [6.45, 7) is 4.75. The summed E-state index contributed by atoms with van der Waals surface area (Å²) in [7, 11) is -4.25. The summed E-state index contributed by atoms with van der Waals surface area (Å²) in [5.74, 6) is -0.350. The number of carbonyl (C=O) groups is 1. The van der Waals surface area contributed by atoms with E-state index < -0.39 is 13.9 Å². The third-order valence-electron chi connectivity index (χ3n) is 5.85. The molecule has 0 aromatic heterocycles. The molecule has 224 valence electrons. The molecule has 0 rings (SSSR count). The Bertz CT molecular complexity index is 642. The molecule has 0 fully saturated rings. The summed E-state index contributed by atoms with van der Waals surface area (Å²) in [6.07, 6.45) is 24.9. The molecule has 0 aromatic rings. The Morgan fingerprint density at radius 3 is 2.16 bits per heavy atom. The van der Waals surface area contributed by atoms with E-state index in [1.165, 1.54) is 32.1 Å². The lowest BCUT2D eigenvalue weighted by Gasteiger charge is -2.20. The van der Waals surface area contributed by atoms with Gasteiger partial charge in [0.2, 0.25) is 0 Å². The molecular weight excluding hydrogens is 505 g/mol. The molecule has 0 saturated heterocycles. The van der Waals surface area contributed by atoms with Crippen LogP contribution >= 0.6 is 7.82 Å². The zero-order valence-corrected chi connectivity index (χ0v) is 25.1. The number of phosphoric acid groups is 1. The zero-order chi connectivity index (χ0) is 28.2. The van der Waals surface area contributed by atoms with Crippen LogP contribution in [0.1, 0.15) is 117 Å². The molecule has 0 bridgehead atoms. The third-order valence-corrected chi connectivity index (χ3v) is 6.84. The van der Waals surface area contributed by atoms with E-state index in [0.29, 0.717) is 13.0 Å². The molecule has 0 aliphatic heterocycles. The fraction of sp³-hybridized carbons (Fsp3) is 0.828. The van der Waals surface area contributed by atoms with Crippen molar-refractivity contribution in [2.24, 2.45) is 5.73 Å². The van der Waals surface area contributed by atoms with Gasteiger partial charge in [-0.2, -0.15) is 0 Å². The van der Waals surface area contributed by atoms with E-state index >= 15 is 0 Å². The highest BCUT2D eigenvalue weighted by atomic mass is 31.2. The molecule has 0 amide bonds. The van der Waals surface area contributed by atoms with Crippen LogP contribution in [0.25, 0.3) is 0 Å². The SMILES string of the molecule is CCC/C=C\C/C=C\CCCCCCCC(=O)OC(COCCCCCCCC)COP(=O)(O)OCCN. The summed E-state index contributed by atoms with van der Waals surface area (Å²) < 4.78 is 32.9. The molecule has 0 aromatic carbocycles. The topological polar surface area (TPSA) is 117 Å². The minimum absolute atomic E-state index is 0.0978. The maximum atomic E-state index is 12.4. The maximum absolute atomic E-state index is 12.4. The minimum Gasteiger partial charge on any atom is -0.457 e. The Hall–Kier alpha value is -1.02. The first-order valence-corrected chi connectivity index (χ1v) is 16.3. The molecule has 0 heterocycles. The van der Waals surface area contributed by atoms with Crippen molar-refractivity contribution < 1.29 is 32.8 Å². The van der Waals surface area contributed by atoms with Crippen molar-refractivity contribution in [3.8, 4) is 0 Å². The van der Waals surface area contributed by atoms with Crippen molar-refractivity contribution >= 4 is 13.8 Å². The van der Waals surface area contributed by atoms with Gasteiger partial charge in [-0.25, -0.2) is 4.57 Å². The van der Waals surface area contributed by atoms with Crippen molar-refractivity contribution in [1.82, 2.24) is 0 Å². The van der Waals surface area contributed by atoms with E-state index in [2.05, 4.69) is 38.2 Å². The van der Waals surface area contributed by atoms with Crippen LogP contribution in [0, 0.1) is 0 Å². The van der Waals surface area contributed by atoms with Gasteiger partial charge < -0.3 is 20.1 Å². The lowest BCUT2D eigenvalue weighted by Crippen LogP contribution is -2.28. The summed E-state index contributed by atoms with van der Waals surface area (Å²) in [6, 6.07) is 0. The number of carbonyl (C=O) groups excluding carboxylic acids is 1. The normalized spacial score (nSPS) is 14.3. The highest BCUT2D eigenvalue weighted by Crippen LogP contribution is 2.43. The van der Waals surface area contributed by atoms with E-state index in [1.54, 1.807) is 0 Å². The Labute approximate surface area is 232 Å². The number of phosphoric ester groups is 1. The number of hydrogen-bond donors (Lipinski definition) is 2. The average Bonchev–Trinajstić information content (AvgIpc) is 2.90. The number of allylic oxidation sites excluding steroid dienone is 4. The van der Waals surface area contributed by atoms with E-state index in [4.69, 9.17) is 24.3 Å². The Morgan fingerprint density at radius 1 is 0.789 bits per heavy atom. The Kier molecular flexibility index (Phi) is 26.8. The van der Waals surface area contributed by atoms with Gasteiger partial charge in [-0.05, 0) is 38.5 Å². The smallest absolute Gasteiger partial charge is 0.457 e. The third kappa shape index (κ3) is 26.6. The maximum Gasteiger partial charge on any atom is 0.472 e. The van der Waals surface area contributed by atoms with Crippen molar-refractivity contribution in [1.29, 1.82) is 0 Å². The molecule has 38 heavy (non-hydrogen) atoms. The lowest BCUT2D eigenvalue weighted by atomic mass is 10.1. The van der Waals surface area contributed by atoms with E-state index in [0.717, 1.165) is 64.2 Å². The fourth-order valence-electron chi connectivity index (χ4n) is 3.68. The van der Waals surface area contributed by atoms with Gasteiger partial charge in [0.05, 0.1) is 19.8 Å². The first kappa shape index (κ1) is 37.0. The molecule has 0 aliphatic carbocycles. The van der Waals surface area contributed by atoms with E-state index in [-0.39, 0.29) is 32.3 Å². The molecule has 8 nitrogen and oxygen atoms in total. The van der Waals surface area contributed by atoms with Gasteiger partial charge in [0.25, 0.3) is 0 Å². The zero-order valence-electron chi connectivity index (χ0n) is 24.2. The second-order valence-electron chi connectivity index (χ2n) is 9.61. The van der Waals surface area contributed by atoms with Gasteiger partial charge >= 0.3 is 13.8 Å². The molecule has 0 spiro atoms. The van der Waals surface area contributed by atoms with Crippen LogP contribution in [-0.4, -0.2) is 49.9 Å². The van der Waals surface area contributed by atoms with Crippen LogP contribution in [0.4, 0.5) is 0 Å². The molecule has 9 heteroatoms. The van der Waals surface area contributed by atoms with E-state index in [9.17, 15) is 14.3 Å². The summed E-state index contributed by atoms with van der Waals surface area (Å²) >= 11 is 0. The predicted octanol–water partition coefficient (Wildman–Crippen LogP) is 7.40. The molecule has 0 radical (unpaired) electrons. The van der Waals surface area contributed by atoms with Crippen LogP contribution in [0.3, 0.4) is 0 Å². The minimum atomic E-state index is -4.25. The van der Waals surface area contributed by atoms with Crippen molar-refractivity contribution in [3.63, 3.8) is 0 Å². The number of esters is 1. The summed E-state index contributed by atoms with van der Waals surface area (Å²) in [4.78, 5) is 22.1. The van der Waals surface area contributed by atoms with Crippen LogP contribution < -0.4 is 5.73 Å². The highest BCUT2D eigenvalue weighted by molar-refractivity contribution is 7.47. The van der Waals surface area contributed by atoms with Gasteiger partial charge in [-0.15, -0.1) is 0 Å². The molecule has 3 N–H and O–H groups in total.